The van der Waals surface area contributed by atoms with E-state index in [1.165, 1.54) is 23.8 Å². The molecule has 23 heavy (non-hydrogen) atoms. The molecule has 3 heterocycles. The number of aliphatic imine (C=N–C) groups is 1. The summed E-state index contributed by atoms with van der Waals surface area (Å²) < 4.78 is 5.13. The van der Waals surface area contributed by atoms with Crippen molar-refractivity contribution < 1.29 is 18.8 Å². The van der Waals surface area contributed by atoms with Crippen molar-refractivity contribution in [2.45, 2.75) is 13.1 Å². The zero-order valence-corrected chi connectivity index (χ0v) is 12.8. The van der Waals surface area contributed by atoms with Crippen LogP contribution in [0.4, 0.5) is 4.79 Å². The van der Waals surface area contributed by atoms with Gasteiger partial charge in [-0.3, -0.25) is 24.8 Å². The molecular weight excluding hydrogens is 318 g/mol. The zero-order valence-electron chi connectivity index (χ0n) is 12.0. The molecule has 4 amide bonds. The average Bonchev–Trinajstić information content (AvgIpc) is 3.20. The first-order valence-electron chi connectivity index (χ1n) is 6.86. The molecule has 1 aliphatic heterocycles. The number of rotatable bonds is 5. The molecule has 0 bridgehead atoms. The number of hydrogen-bond donors (Lipinski definition) is 1. The van der Waals surface area contributed by atoms with Crippen LogP contribution < -0.4 is 5.32 Å². The fourth-order valence-corrected chi connectivity index (χ4v) is 2.76. The third kappa shape index (κ3) is 3.37. The van der Waals surface area contributed by atoms with E-state index < -0.39 is 23.8 Å². The molecule has 0 aromatic carbocycles. The highest BCUT2D eigenvalue weighted by atomic mass is 32.1. The maximum atomic E-state index is 12.4. The van der Waals surface area contributed by atoms with Crippen LogP contribution in [0.25, 0.3) is 0 Å². The van der Waals surface area contributed by atoms with E-state index >= 15 is 0 Å². The van der Waals surface area contributed by atoms with Gasteiger partial charge < -0.3 is 4.42 Å². The minimum absolute atomic E-state index is 0.0276. The molecule has 1 aliphatic rings. The number of urea groups is 1. The van der Waals surface area contributed by atoms with E-state index in [9.17, 15) is 14.4 Å². The van der Waals surface area contributed by atoms with Crippen LogP contribution in [0.2, 0.25) is 0 Å². The van der Waals surface area contributed by atoms with Crippen LogP contribution in [0.5, 0.6) is 0 Å². The molecule has 8 heteroatoms. The van der Waals surface area contributed by atoms with Gasteiger partial charge in [-0.15, -0.1) is 11.3 Å². The second-order valence-electron chi connectivity index (χ2n) is 4.84. The Hall–Kier alpha value is -2.74. The minimum Gasteiger partial charge on any atom is -0.467 e. The van der Waals surface area contributed by atoms with Crippen molar-refractivity contribution in [3.8, 4) is 0 Å². The van der Waals surface area contributed by atoms with Gasteiger partial charge in [-0.2, -0.15) is 0 Å². The lowest BCUT2D eigenvalue weighted by molar-refractivity contribution is -0.139. The predicted octanol–water partition coefficient (Wildman–Crippen LogP) is 1.81. The van der Waals surface area contributed by atoms with E-state index in [1.807, 2.05) is 17.5 Å². The number of amides is 4. The SMILES string of the molecule is O=C1NC(=O)N(Cc2ccco2)C(=O)[C@@H]1C=NCc1cccs1. The summed E-state index contributed by atoms with van der Waals surface area (Å²) in [6.45, 7) is 0.362. The van der Waals surface area contributed by atoms with Crippen molar-refractivity contribution in [1.29, 1.82) is 0 Å². The van der Waals surface area contributed by atoms with Gasteiger partial charge in [-0.25, -0.2) is 4.79 Å². The third-order valence-electron chi connectivity index (χ3n) is 3.27. The number of carbonyl (C=O) groups is 3. The fraction of sp³-hybridized carbons (Fsp3) is 0.200. The lowest BCUT2D eigenvalue weighted by Crippen LogP contribution is -2.57. The van der Waals surface area contributed by atoms with E-state index in [0.29, 0.717) is 12.3 Å². The molecule has 3 rings (SSSR count). The molecular formula is C15H13N3O4S. The van der Waals surface area contributed by atoms with Crippen molar-refractivity contribution in [2.24, 2.45) is 10.9 Å². The lowest BCUT2D eigenvalue weighted by atomic mass is 10.1. The second-order valence-corrected chi connectivity index (χ2v) is 5.88. The van der Waals surface area contributed by atoms with Gasteiger partial charge in [0.1, 0.15) is 5.76 Å². The number of barbiturate groups is 1. The molecule has 0 saturated carbocycles. The van der Waals surface area contributed by atoms with Crippen LogP contribution in [-0.4, -0.2) is 29.0 Å². The van der Waals surface area contributed by atoms with Gasteiger partial charge in [0.15, 0.2) is 5.92 Å². The van der Waals surface area contributed by atoms with E-state index in [2.05, 4.69) is 10.3 Å². The summed E-state index contributed by atoms with van der Waals surface area (Å²) in [7, 11) is 0. The normalized spacial score (nSPS) is 18.7. The van der Waals surface area contributed by atoms with Gasteiger partial charge in [0.05, 0.1) is 19.4 Å². The highest BCUT2D eigenvalue weighted by Gasteiger charge is 2.39. The van der Waals surface area contributed by atoms with E-state index in [-0.39, 0.29) is 6.54 Å². The van der Waals surface area contributed by atoms with Gasteiger partial charge in [0.25, 0.3) is 0 Å². The highest BCUT2D eigenvalue weighted by Crippen LogP contribution is 2.15. The summed E-state index contributed by atoms with van der Waals surface area (Å²) in [4.78, 5) is 42.2. The maximum Gasteiger partial charge on any atom is 0.331 e. The summed E-state index contributed by atoms with van der Waals surface area (Å²) >= 11 is 1.54. The Morgan fingerprint density at radius 2 is 2.17 bits per heavy atom. The smallest absolute Gasteiger partial charge is 0.331 e. The van der Waals surface area contributed by atoms with Gasteiger partial charge in [0.2, 0.25) is 11.8 Å². The summed E-state index contributed by atoms with van der Waals surface area (Å²) in [5.74, 6) is -1.92. The Balaban J connectivity index is 1.71. The molecule has 2 aromatic heterocycles. The molecule has 1 atom stereocenters. The summed E-state index contributed by atoms with van der Waals surface area (Å²) in [5.41, 5.74) is 0. The maximum absolute atomic E-state index is 12.4. The van der Waals surface area contributed by atoms with Crippen molar-refractivity contribution >= 4 is 35.4 Å². The monoisotopic (exact) mass is 331 g/mol. The number of furan rings is 1. The van der Waals surface area contributed by atoms with Crippen LogP contribution in [0.3, 0.4) is 0 Å². The average molecular weight is 331 g/mol. The van der Waals surface area contributed by atoms with E-state index in [1.54, 1.807) is 12.1 Å². The molecule has 1 saturated heterocycles. The van der Waals surface area contributed by atoms with Crippen LogP contribution >= 0.6 is 11.3 Å². The lowest BCUT2D eigenvalue weighted by Gasteiger charge is -2.27. The predicted molar refractivity (Wildman–Crippen MR) is 82.8 cm³/mol. The number of carbonyl (C=O) groups excluding carboxylic acids is 3. The molecule has 1 fully saturated rings. The molecule has 0 spiro atoms. The van der Waals surface area contributed by atoms with E-state index in [0.717, 1.165) is 9.78 Å². The summed E-state index contributed by atoms with van der Waals surface area (Å²) in [6.07, 6.45) is 2.74. The minimum atomic E-state index is -1.11. The first kappa shape index (κ1) is 15.2. The Kier molecular flexibility index (Phi) is 4.33. The summed E-state index contributed by atoms with van der Waals surface area (Å²) in [6, 6.07) is 6.37. The van der Waals surface area contributed by atoms with Gasteiger partial charge in [-0.05, 0) is 23.6 Å². The topological polar surface area (TPSA) is 92.0 Å². The van der Waals surface area contributed by atoms with Crippen molar-refractivity contribution in [3.05, 3.63) is 46.5 Å². The van der Waals surface area contributed by atoms with Crippen molar-refractivity contribution in [2.75, 3.05) is 0 Å². The molecule has 1 N–H and O–H groups in total. The van der Waals surface area contributed by atoms with Gasteiger partial charge in [-0.1, -0.05) is 6.07 Å². The number of thiophene rings is 1. The first-order chi connectivity index (χ1) is 11.1. The van der Waals surface area contributed by atoms with Crippen LogP contribution in [0.1, 0.15) is 10.6 Å². The fourth-order valence-electron chi connectivity index (χ4n) is 2.12. The molecule has 0 aliphatic carbocycles. The quantitative estimate of drug-likeness (QED) is 0.668. The largest absolute Gasteiger partial charge is 0.467 e. The Bertz CT molecular complexity index is 737. The van der Waals surface area contributed by atoms with Gasteiger partial charge in [0, 0.05) is 11.1 Å². The Morgan fingerprint density at radius 3 is 2.87 bits per heavy atom. The van der Waals surface area contributed by atoms with Gasteiger partial charge >= 0.3 is 6.03 Å². The van der Waals surface area contributed by atoms with Crippen molar-refractivity contribution in [1.82, 2.24) is 10.2 Å². The van der Waals surface area contributed by atoms with Crippen LogP contribution in [0.15, 0.2) is 45.3 Å². The molecule has 7 nitrogen and oxygen atoms in total. The van der Waals surface area contributed by atoms with Crippen molar-refractivity contribution in [3.63, 3.8) is 0 Å². The Morgan fingerprint density at radius 1 is 1.30 bits per heavy atom. The number of hydrogen-bond acceptors (Lipinski definition) is 6. The standard InChI is InChI=1S/C15H13N3O4S/c19-13-12(8-16-7-11-4-2-6-23-11)14(20)18(15(21)17-13)9-10-3-1-5-22-10/h1-6,8,12H,7,9H2,(H,17,19,21)/t12-/m1/s1. The molecule has 0 radical (unpaired) electrons. The molecule has 2 aromatic rings. The second kappa shape index (κ2) is 6.57. The van der Waals surface area contributed by atoms with E-state index in [4.69, 9.17) is 4.42 Å². The number of imide groups is 2. The van der Waals surface area contributed by atoms with Crippen LogP contribution in [-0.2, 0) is 22.7 Å². The number of nitrogens with one attached hydrogen (secondary N) is 1. The third-order valence-corrected chi connectivity index (χ3v) is 4.13. The Labute approximate surface area is 135 Å². The molecule has 118 valence electrons. The highest BCUT2D eigenvalue weighted by molar-refractivity contribution is 7.09. The van der Waals surface area contributed by atoms with Crippen LogP contribution in [0, 0.1) is 5.92 Å². The molecule has 0 unspecified atom stereocenters. The zero-order chi connectivity index (χ0) is 16.2. The summed E-state index contributed by atoms with van der Waals surface area (Å²) in [5, 5.41) is 4.09. The number of nitrogens with zero attached hydrogens (tertiary/aromatic N) is 2. The first-order valence-corrected chi connectivity index (χ1v) is 7.74.